The maximum absolute atomic E-state index is 11.4. The van der Waals surface area contributed by atoms with Crippen LogP contribution in [0.2, 0.25) is 0 Å². The maximum Gasteiger partial charge on any atom is 0.334 e. The minimum Gasteiger partial charge on any atom is -0.508 e. The van der Waals surface area contributed by atoms with Crippen molar-refractivity contribution in [2.75, 3.05) is 7.11 Å². The number of benzene rings is 2. The topological polar surface area (TPSA) is 55.8 Å². The van der Waals surface area contributed by atoms with Crippen LogP contribution in [-0.2, 0) is 9.53 Å². The monoisotopic (exact) mass is 294 g/mol. The molecule has 2 aromatic rings. The van der Waals surface area contributed by atoms with E-state index in [0.717, 1.165) is 16.7 Å². The predicted molar refractivity (Wildman–Crippen MR) is 82.4 cm³/mol. The van der Waals surface area contributed by atoms with Crippen LogP contribution in [0.3, 0.4) is 0 Å². The Kier molecular flexibility index (Phi) is 3.66. The highest BCUT2D eigenvalue weighted by atomic mass is 16.5. The lowest BCUT2D eigenvalue weighted by Gasteiger charge is -2.20. The third-order valence-corrected chi connectivity index (χ3v) is 3.32. The molecular weight excluding hydrogens is 280 g/mol. The molecule has 0 atom stereocenters. The Morgan fingerprint density at radius 1 is 1.18 bits per heavy atom. The van der Waals surface area contributed by atoms with Crippen molar-refractivity contribution in [3.63, 3.8) is 0 Å². The number of phenolic OH excluding ortho intramolecular Hbond substituents is 1. The van der Waals surface area contributed by atoms with Crippen LogP contribution in [0.15, 0.2) is 66.4 Å². The van der Waals surface area contributed by atoms with Gasteiger partial charge in [-0.1, -0.05) is 30.3 Å². The second-order valence-electron chi connectivity index (χ2n) is 4.78. The van der Waals surface area contributed by atoms with E-state index in [2.05, 4.69) is 4.74 Å². The minimum absolute atomic E-state index is 0.102. The molecule has 0 fully saturated rings. The number of allylic oxidation sites excluding steroid dienone is 1. The van der Waals surface area contributed by atoms with E-state index in [-0.39, 0.29) is 5.75 Å². The van der Waals surface area contributed by atoms with Gasteiger partial charge in [-0.25, -0.2) is 4.79 Å². The lowest BCUT2D eigenvalue weighted by atomic mass is 9.94. The summed E-state index contributed by atoms with van der Waals surface area (Å²) in [5.41, 5.74) is 2.76. The Hall–Kier alpha value is -3.01. The number of phenols is 1. The zero-order valence-corrected chi connectivity index (χ0v) is 11.9. The molecule has 1 heterocycles. The fourth-order valence-corrected chi connectivity index (χ4v) is 2.30. The van der Waals surface area contributed by atoms with Crippen molar-refractivity contribution in [1.29, 1.82) is 0 Å². The summed E-state index contributed by atoms with van der Waals surface area (Å²) in [6.07, 6.45) is 3.06. The average Bonchev–Trinajstić information content (AvgIpc) is 2.54. The molecule has 22 heavy (non-hydrogen) atoms. The Labute approximate surface area is 127 Å². The molecule has 1 N–H and O–H groups in total. The maximum atomic E-state index is 11.4. The summed E-state index contributed by atoms with van der Waals surface area (Å²) in [7, 11) is 1.31. The molecule has 0 radical (unpaired) electrons. The van der Waals surface area contributed by atoms with Crippen molar-refractivity contribution in [3.05, 3.63) is 77.6 Å². The van der Waals surface area contributed by atoms with Crippen LogP contribution in [0.25, 0.3) is 5.57 Å². The highest BCUT2D eigenvalue weighted by Gasteiger charge is 2.19. The van der Waals surface area contributed by atoms with Crippen LogP contribution in [0.4, 0.5) is 0 Å². The molecule has 0 saturated carbocycles. The van der Waals surface area contributed by atoms with E-state index < -0.39 is 5.97 Å². The second kappa shape index (κ2) is 5.77. The van der Waals surface area contributed by atoms with Gasteiger partial charge in [0, 0.05) is 11.6 Å². The van der Waals surface area contributed by atoms with Crippen molar-refractivity contribution in [2.24, 2.45) is 0 Å². The van der Waals surface area contributed by atoms with Gasteiger partial charge in [-0.05, 0) is 29.3 Å². The number of aromatic hydroxyl groups is 1. The summed E-state index contributed by atoms with van der Waals surface area (Å²) >= 11 is 0. The van der Waals surface area contributed by atoms with Crippen LogP contribution in [0, 0.1) is 0 Å². The molecule has 0 bridgehead atoms. The summed E-state index contributed by atoms with van der Waals surface area (Å²) in [5, 5.41) is 9.65. The van der Waals surface area contributed by atoms with E-state index in [1.165, 1.54) is 19.3 Å². The number of rotatable bonds is 2. The zero-order valence-electron chi connectivity index (χ0n) is 11.9. The lowest BCUT2D eigenvalue weighted by Crippen LogP contribution is -2.07. The summed E-state index contributed by atoms with van der Waals surface area (Å²) in [6.45, 7) is 0. The highest BCUT2D eigenvalue weighted by molar-refractivity contribution is 5.89. The summed E-state index contributed by atoms with van der Waals surface area (Å²) in [5.74, 6) is 0.466. The first-order valence-electron chi connectivity index (χ1n) is 6.75. The van der Waals surface area contributed by atoms with Gasteiger partial charge in [-0.3, -0.25) is 0 Å². The molecule has 0 aliphatic carbocycles. The minimum atomic E-state index is -0.498. The Morgan fingerprint density at radius 2 is 1.95 bits per heavy atom. The summed E-state index contributed by atoms with van der Waals surface area (Å²) in [4.78, 5) is 11.4. The summed E-state index contributed by atoms with van der Waals surface area (Å²) in [6, 6.07) is 14.7. The van der Waals surface area contributed by atoms with Crippen molar-refractivity contribution in [2.45, 2.75) is 0 Å². The quantitative estimate of drug-likeness (QED) is 0.682. The number of hydrogen-bond acceptors (Lipinski definition) is 4. The molecule has 1 aliphatic rings. The smallest absolute Gasteiger partial charge is 0.334 e. The second-order valence-corrected chi connectivity index (χ2v) is 4.78. The van der Waals surface area contributed by atoms with Crippen LogP contribution in [0.1, 0.15) is 11.1 Å². The number of methoxy groups -OCH3 is 1. The van der Waals surface area contributed by atoms with Gasteiger partial charge < -0.3 is 14.6 Å². The molecule has 0 unspecified atom stereocenters. The van der Waals surface area contributed by atoms with Crippen molar-refractivity contribution in [1.82, 2.24) is 0 Å². The number of ether oxygens (including phenoxy) is 2. The molecular formula is C18H14O4. The third kappa shape index (κ3) is 2.72. The van der Waals surface area contributed by atoms with Gasteiger partial charge >= 0.3 is 5.97 Å². The molecule has 0 spiro atoms. The Morgan fingerprint density at radius 3 is 2.68 bits per heavy atom. The Balaban J connectivity index is 2.14. The average molecular weight is 294 g/mol. The molecule has 0 amide bonds. The van der Waals surface area contributed by atoms with Gasteiger partial charge in [0.1, 0.15) is 17.3 Å². The van der Waals surface area contributed by atoms with E-state index in [4.69, 9.17) is 4.74 Å². The van der Waals surface area contributed by atoms with Crippen molar-refractivity contribution < 1.29 is 19.4 Å². The van der Waals surface area contributed by atoms with Gasteiger partial charge in [0.15, 0.2) is 0 Å². The molecule has 4 nitrogen and oxygen atoms in total. The first-order valence-corrected chi connectivity index (χ1v) is 6.75. The molecule has 4 heteroatoms. The van der Waals surface area contributed by atoms with Gasteiger partial charge in [0.2, 0.25) is 0 Å². The van der Waals surface area contributed by atoms with Gasteiger partial charge in [0.25, 0.3) is 0 Å². The predicted octanol–water partition coefficient (Wildman–Crippen LogP) is 3.27. The van der Waals surface area contributed by atoms with Gasteiger partial charge in [0.05, 0.1) is 13.2 Å². The standard InChI is InChI=1S/C18H14O4/c1-21-18(20)11-14-10-16(12-5-3-2-4-6-12)15-8-7-13(19)9-17(15)22-14/h2-11,19H,1H3/b14-11+. The zero-order chi connectivity index (χ0) is 15.5. The number of esters is 1. The third-order valence-electron chi connectivity index (χ3n) is 3.32. The van der Waals surface area contributed by atoms with E-state index in [9.17, 15) is 9.90 Å². The van der Waals surface area contributed by atoms with Crippen LogP contribution >= 0.6 is 0 Å². The van der Waals surface area contributed by atoms with E-state index in [0.29, 0.717) is 11.5 Å². The molecule has 0 saturated heterocycles. The molecule has 0 aromatic heterocycles. The first-order chi connectivity index (χ1) is 10.7. The van der Waals surface area contributed by atoms with Crippen LogP contribution < -0.4 is 4.74 Å². The van der Waals surface area contributed by atoms with Crippen LogP contribution in [0.5, 0.6) is 11.5 Å². The molecule has 2 aromatic carbocycles. The van der Waals surface area contributed by atoms with Crippen LogP contribution in [-0.4, -0.2) is 18.2 Å². The van der Waals surface area contributed by atoms with Gasteiger partial charge in [-0.15, -0.1) is 0 Å². The number of fused-ring (bicyclic) bond motifs is 1. The fourth-order valence-electron chi connectivity index (χ4n) is 2.30. The fraction of sp³-hybridized carbons (Fsp3) is 0.0556. The van der Waals surface area contributed by atoms with E-state index in [1.54, 1.807) is 18.2 Å². The van der Waals surface area contributed by atoms with Gasteiger partial charge in [-0.2, -0.15) is 0 Å². The SMILES string of the molecule is COC(=O)/C=C1\C=C(c2ccccc2)c2ccc(O)cc2O1. The highest BCUT2D eigenvalue weighted by Crippen LogP contribution is 2.38. The van der Waals surface area contributed by atoms with Crippen molar-refractivity contribution in [3.8, 4) is 11.5 Å². The number of hydrogen-bond donors (Lipinski definition) is 1. The van der Waals surface area contributed by atoms with E-state index >= 15 is 0 Å². The molecule has 3 rings (SSSR count). The normalized spacial score (nSPS) is 14.8. The number of carbonyl (C=O) groups excluding carboxylic acids is 1. The largest absolute Gasteiger partial charge is 0.508 e. The van der Waals surface area contributed by atoms with Crippen molar-refractivity contribution >= 4 is 11.5 Å². The first kappa shape index (κ1) is 13.9. The molecule has 1 aliphatic heterocycles. The Bertz CT molecular complexity index is 773. The number of carbonyl (C=O) groups is 1. The lowest BCUT2D eigenvalue weighted by molar-refractivity contribution is -0.134. The van der Waals surface area contributed by atoms with E-state index in [1.807, 2.05) is 30.3 Å². The molecule has 110 valence electrons. The summed E-state index contributed by atoms with van der Waals surface area (Å²) < 4.78 is 10.3.